The molecule has 2 rings (SSSR count). The van der Waals surface area contributed by atoms with E-state index in [4.69, 9.17) is 14.2 Å². The molecule has 13 nitrogen and oxygen atoms in total. The third-order valence-corrected chi connectivity index (χ3v) is 7.76. The van der Waals surface area contributed by atoms with Crippen LogP contribution >= 0.6 is 0 Å². The van der Waals surface area contributed by atoms with Crippen LogP contribution in [0.3, 0.4) is 0 Å². The number of fused-ring (bicyclic) bond motifs is 1. The fourth-order valence-electron chi connectivity index (χ4n) is 5.58. The van der Waals surface area contributed by atoms with Gasteiger partial charge in [0.15, 0.2) is 0 Å². The van der Waals surface area contributed by atoms with Crippen molar-refractivity contribution < 1.29 is 43.0 Å². The third kappa shape index (κ3) is 9.64. The number of ketones is 1. The summed E-state index contributed by atoms with van der Waals surface area (Å²) in [6.45, 7) is 19.6. The van der Waals surface area contributed by atoms with E-state index in [0.29, 0.717) is 6.54 Å². The van der Waals surface area contributed by atoms with E-state index in [9.17, 15) is 28.8 Å². The minimum atomic E-state index is -1.33. The number of piperidine rings is 1. The minimum Gasteiger partial charge on any atom is -0.460 e. The second kappa shape index (κ2) is 13.4. The number of ether oxygens (including phenoxy) is 3. The highest BCUT2D eigenvalue weighted by atomic mass is 16.6. The number of nitrogens with zero attached hydrogens (tertiary/aromatic N) is 1. The summed E-state index contributed by atoms with van der Waals surface area (Å²) >= 11 is 0. The molecule has 250 valence electrons. The summed E-state index contributed by atoms with van der Waals surface area (Å²) in [4.78, 5) is 79.5. The van der Waals surface area contributed by atoms with Crippen molar-refractivity contribution in [3.8, 4) is 0 Å². The van der Waals surface area contributed by atoms with Crippen LogP contribution in [0.15, 0.2) is 0 Å². The number of esters is 1. The second-order valence-electron chi connectivity index (χ2n) is 15.3. The van der Waals surface area contributed by atoms with Gasteiger partial charge in [-0.3, -0.25) is 24.0 Å². The number of Topliss-reactive ketones (excluding diaryl/α,β-unsaturated/α-hetero) is 1. The number of likely N-dealkylation sites (tertiary alicyclic amines) is 1. The van der Waals surface area contributed by atoms with Crippen molar-refractivity contribution in [3.63, 3.8) is 0 Å². The molecule has 5 atom stereocenters. The Bertz CT molecular complexity index is 1130. The van der Waals surface area contributed by atoms with Crippen molar-refractivity contribution in [1.82, 2.24) is 20.9 Å². The molecular weight excluding hydrogens is 572 g/mol. The van der Waals surface area contributed by atoms with E-state index in [2.05, 4.69) is 16.0 Å². The van der Waals surface area contributed by atoms with Crippen LogP contribution in [0, 0.1) is 22.7 Å². The molecule has 0 spiro atoms. The molecule has 0 bridgehead atoms. The SMILES string of the molecule is COCC(NC(=O)[C@@H]1C2C(CN1C(=O)[C@@H](NC(=O)OC(C)(C)C)C(C)(C)C)C2(C)C)C(=O)C(=O)NCCC(=O)OC(C)(C)C. The first-order valence-corrected chi connectivity index (χ1v) is 15.0. The smallest absolute Gasteiger partial charge is 0.408 e. The van der Waals surface area contributed by atoms with Crippen LogP contribution in [0.1, 0.15) is 82.6 Å². The maximum absolute atomic E-state index is 14.0. The first-order valence-electron chi connectivity index (χ1n) is 15.0. The number of hydrogen-bond acceptors (Lipinski definition) is 9. The molecule has 1 aliphatic heterocycles. The van der Waals surface area contributed by atoms with E-state index in [0.717, 1.165) is 0 Å². The van der Waals surface area contributed by atoms with E-state index < -0.39 is 70.3 Å². The Labute approximate surface area is 260 Å². The van der Waals surface area contributed by atoms with Gasteiger partial charge in [0, 0.05) is 20.2 Å². The van der Waals surface area contributed by atoms with Gasteiger partial charge >= 0.3 is 12.1 Å². The molecule has 3 N–H and O–H groups in total. The topological polar surface area (TPSA) is 169 Å². The van der Waals surface area contributed by atoms with Crippen molar-refractivity contribution in [3.05, 3.63) is 0 Å². The summed E-state index contributed by atoms with van der Waals surface area (Å²) < 4.78 is 15.7. The number of methoxy groups -OCH3 is 1. The Balaban J connectivity index is 2.20. The standard InChI is InChI=1S/C31H52N4O9/c1-28(2,3)23(34-27(41)44-30(7,8)9)26(40)35-15-17-20(31(17,10)11)21(35)24(38)33-18(16-42-12)22(37)25(39)32-14-13-19(36)43-29(4,5)6/h17-18,20-21,23H,13-16H2,1-12H3,(H,32,39)(H,33,38)(H,34,41)/t17?,18?,20?,21-,23+/m0/s1. The van der Waals surface area contributed by atoms with Gasteiger partial charge in [-0.15, -0.1) is 0 Å². The van der Waals surface area contributed by atoms with Gasteiger partial charge in [0.25, 0.3) is 5.91 Å². The maximum atomic E-state index is 14.0. The van der Waals surface area contributed by atoms with Crippen LogP contribution in [0.2, 0.25) is 0 Å². The van der Waals surface area contributed by atoms with Gasteiger partial charge in [0.05, 0.1) is 13.0 Å². The van der Waals surface area contributed by atoms with Gasteiger partial charge in [-0.05, 0) is 64.2 Å². The lowest BCUT2D eigenvalue weighted by atomic mass is 9.85. The van der Waals surface area contributed by atoms with Gasteiger partial charge in [-0.2, -0.15) is 0 Å². The zero-order chi connectivity index (χ0) is 34.0. The fourth-order valence-corrected chi connectivity index (χ4v) is 5.58. The fraction of sp³-hybridized carbons (Fsp3) is 0.806. The predicted octanol–water partition coefficient (Wildman–Crippen LogP) is 1.96. The summed E-state index contributed by atoms with van der Waals surface area (Å²) in [5, 5.41) is 7.71. The first-order chi connectivity index (χ1) is 19.9. The second-order valence-corrected chi connectivity index (χ2v) is 15.3. The molecule has 4 amide bonds. The van der Waals surface area contributed by atoms with E-state index in [1.54, 1.807) is 62.3 Å². The quantitative estimate of drug-likeness (QED) is 0.230. The number of nitrogens with one attached hydrogen (secondary N) is 3. The molecule has 44 heavy (non-hydrogen) atoms. The number of rotatable bonds is 11. The van der Waals surface area contributed by atoms with Gasteiger partial charge < -0.3 is 35.1 Å². The third-order valence-electron chi connectivity index (χ3n) is 7.76. The lowest BCUT2D eigenvalue weighted by Crippen LogP contribution is -2.61. The lowest BCUT2D eigenvalue weighted by Gasteiger charge is -2.38. The van der Waals surface area contributed by atoms with Crippen LogP contribution in [-0.4, -0.2) is 96.6 Å². The Morgan fingerprint density at radius 3 is 1.95 bits per heavy atom. The van der Waals surface area contributed by atoms with Crippen molar-refractivity contribution in [2.75, 3.05) is 26.8 Å². The average molecular weight is 625 g/mol. The average Bonchev–Trinajstić information content (AvgIpc) is 3.17. The summed E-state index contributed by atoms with van der Waals surface area (Å²) in [5.41, 5.74) is -2.41. The Kier molecular flexibility index (Phi) is 11.3. The first kappa shape index (κ1) is 37.0. The normalized spacial score (nSPS) is 22.2. The zero-order valence-electron chi connectivity index (χ0n) is 28.3. The molecule has 1 saturated heterocycles. The molecule has 1 saturated carbocycles. The van der Waals surface area contributed by atoms with Crippen molar-refractivity contribution in [1.29, 1.82) is 0 Å². The van der Waals surface area contributed by atoms with Crippen LogP contribution in [-0.2, 0) is 38.2 Å². The van der Waals surface area contributed by atoms with E-state index in [1.165, 1.54) is 12.0 Å². The van der Waals surface area contributed by atoms with Crippen LogP contribution in [0.25, 0.3) is 0 Å². The molecule has 3 unspecified atom stereocenters. The van der Waals surface area contributed by atoms with Gasteiger partial charge in [-0.25, -0.2) is 4.79 Å². The van der Waals surface area contributed by atoms with Crippen molar-refractivity contribution in [2.24, 2.45) is 22.7 Å². The van der Waals surface area contributed by atoms with Gasteiger partial charge in [0.2, 0.25) is 17.6 Å². The number of amides is 4. The van der Waals surface area contributed by atoms with Gasteiger partial charge in [0.1, 0.15) is 29.3 Å². The molecule has 0 radical (unpaired) electrons. The highest BCUT2D eigenvalue weighted by molar-refractivity contribution is 6.38. The summed E-state index contributed by atoms with van der Waals surface area (Å²) in [6.07, 6.45) is -0.888. The Morgan fingerprint density at radius 1 is 0.886 bits per heavy atom. The number of carbonyl (C=O) groups excluding carboxylic acids is 6. The van der Waals surface area contributed by atoms with E-state index >= 15 is 0 Å². The molecule has 13 heteroatoms. The molecule has 0 aromatic rings. The largest absolute Gasteiger partial charge is 0.460 e. The van der Waals surface area contributed by atoms with Crippen LogP contribution in [0.4, 0.5) is 4.79 Å². The molecule has 0 aromatic carbocycles. The monoisotopic (exact) mass is 624 g/mol. The number of alkyl carbamates (subject to hydrolysis) is 1. The molecular formula is C31H52N4O9. The molecule has 2 aliphatic rings. The minimum absolute atomic E-state index is 0.0390. The Morgan fingerprint density at radius 2 is 1.45 bits per heavy atom. The highest BCUT2D eigenvalue weighted by Gasteiger charge is 2.70. The van der Waals surface area contributed by atoms with Crippen molar-refractivity contribution >= 4 is 35.6 Å². The maximum Gasteiger partial charge on any atom is 0.408 e. The molecule has 1 heterocycles. The van der Waals surface area contributed by atoms with Crippen molar-refractivity contribution in [2.45, 2.75) is 112 Å². The van der Waals surface area contributed by atoms with Crippen LogP contribution < -0.4 is 16.0 Å². The number of carbonyl (C=O) groups is 6. The molecule has 2 fully saturated rings. The Hall–Kier alpha value is -3.22. The molecule has 1 aliphatic carbocycles. The summed E-state index contributed by atoms with van der Waals surface area (Å²) in [7, 11) is 1.33. The highest BCUT2D eigenvalue weighted by Crippen LogP contribution is 2.65. The summed E-state index contributed by atoms with van der Waals surface area (Å²) in [5.74, 6) is -3.67. The number of hydrogen-bond donors (Lipinski definition) is 3. The predicted molar refractivity (Wildman–Crippen MR) is 161 cm³/mol. The van der Waals surface area contributed by atoms with Crippen LogP contribution in [0.5, 0.6) is 0 Å². The zero-order valence-corrected chi connectivity index (χ0v) is 28.3. The van der Waals surface area contributed by atoms with Gasteiger partial charge in [-0.1, -0.05) is 34.6 Å². The molecule has 0 aromatic heterocycles. The lowest BCUT2D eigenvalue weighted by molar-refractivity contribution is -0.154. The van der Waals surface area contributed by atoms with E-state index in [-0.39, 0.29) is 36.8 Å². The van der Waals surface area contributed by atoms with E-state index in [1.807, 2.05) is 13.8 Å². The summed E-state index contributed by atoms with van der Waals surface area (Å²) in [6, 6.07) is -3.26.